The number of nitrogens with two attached hydrogens (primary N) is 1. The lowest BCUT2D eigenvalue weighted by molar-refractivity contribution is -0.142. The van der Waals surface area contributed by atoms with Gasteiger partial charge < -0.3 is 15.8 Å². The number of thioether (sulfide) groups is 1. The van der Waals surface area contributed by atoms with Crippen molar-refractivity contribution in [2.24, 2.45) is 0 Å². The number of rotatable bonds is 7. The third kappa shape index (κ3) is 5.67. The highest BCUT2D eigenvalue weighted by Crippen LogP contribution is 2.24. The Morgan fingerprint density at radius 1 is 1.33 bits per heavy atom. The number of carbonyl (C=O) groups is 2. The van der Waals surface area contributed by atoms with Gasteiger partial charge in [-0.3, -0.25) is 9.59 Å². The molecule has 2 rings (SSSR count). The number of ether oxygens (including phenoxy) is 1. The van der Waals surface area contributed by atoms with Crippen LogP contribution in [-0.4, -0.2) is 34.2 Å². The number of hydrogen-bond donors (Lipinski definition) is 2. The van der Waals surface area contributed by atoms with Gasteiger partial charge >= 0.3 is 5.97 Å². The summed E-state index contributed by atoms with van der Waals surface area (Å²) in [5.41, 5.74) is 6.43. The van der Waals surface area contributed by atoms with Gasteiger partial charge in [0.25, 0.3) is 0 Å². The second kappa shape index (κ2) is 9.52. The van der Waals surface area contributed by atoms with E-state index in [0.29, 0.717) is 17.4 Å². The Morgan fingerprint density at radius 2 is 2.07 bits per heavy atom. The van der Waals surface area contributed by atoms with Crippen LogP contribution in [0.2, 0.25) is 0 Å². The molecule has 3 N–H and O–H groups in total. The summed E-state index contributed by atoms with van der Waals surface area (Å²) >= 11 is 2.21. The van der Waals surface area contributed by atoms with Crippen LogP contribution in [0.1, 0.15) is 23.7 Å². The van der Waals surface area contributed by atoms with E-state index < -0.39 is 0 Å². The molecule has 1 amide bonds. The minimum absolute atomic E-state index is 0.00272. The van der Waals surface area contributed by atoms with Gasteiger partial charge in [0.1, 0.15) is 23.0 Å². The Bertz CT molecular complexity index is 945. The maximum absolute atomic E-state index is 12.1. The van der Waals surface area contributed by atoms with Crippen LogP contribution < -0.4 is 11.1 Å². The standard InChI is InChI=1S/C16H14N6O3S2/c1-2-25-13(24)4-11-7-27-16(20-11)21-12(23)8-26-15-10(6-18)3-9(5-17)14(19)22-15/h3,7H,2,4,8H2,1H3,(H2,19,22)(H,20,21,23). The fourth-order valence-corrected chi connectivity index (χ4v) is 3.37. The van der Waals surface area contributed by atoms with Gasteiger partial charge in [0.15, 0.2) is 5.13 Å². The highest BCUT2D eigenvalue weighted by Gasteiger charge is 2.14. The van der Waals surface area contributed by atoms with E-state index in [-0.39, 0.29) is 46.0 Å². The van der Waals surface area contributed by atoms with Crippen molar-refractivity contribution in [1.82, 2.24) is 9.97 Å². The minimum Gasteiger partial charge on any atom is -0.466 e. The number of nitrogen functional groups attached to an aromatic ring is 1. The SMILES string of the molecule is CCOC(=O)Cc1csc(NC(=O)CSc2nc(N)c(C#N)cc2C#N)n1. The van der Waals surface area contributed by atoms with Gasteiger partial charge in [-0.05, 0) is 13.0 Å². The van der Waals surface area contributed by atoms with Gasteiger partial charge in [0.05, 0.1) is 35.6 Å². The number of nitrogens with one attached hydrogen (secondary N) is 1. The lowest BCUT2D eigenvalue weighted by Crippen LogP contribution is -2.14. The molecule has 0 unspecified atom stereocenters. The second-order valence-electron chi connectivity index (χ2n) is 4.96. The van der Waals surface area contributed by atoms with Crippen LogP contribution in [0.15, 0.2) is 16.5 Å². The Kier molecular flexibility index (Phi) is 7.11. The number of thiazole rings is 1. The first-order chi connectivity index (χ1) is 13.0. The largest absolute Gasteiger partial charge is 0.466 e. The highest BCUT2D eigenvalue weighted by atomic mass is 32.2. The second-order valence-corrected chi connectivity index (χ2v) is 6.78. The first-order valence-electron chi connectivity index (χ1n) is 7.60. The number of hydrogen-bond acceptors (Lipinski definition) is 10. The van der Waals surface area contributed by atoms with Crippen LogP contribution in [0, 0.1) is 22.7 Å². The van der Waals surface area contributed by atoms with Gasteiger partial charge in [-0.2, -0.15) is 10.5 Å². The van der Waals surface area contributed by atoms with Crippen LogP contribution in [-0.2, 0) is 20.7 Å². The van der Waals surface area contributed by atoms with Gasteiger partial charge in [0, 0.05) is 5.38 Å². The summed E-state index contributed by atoms with van der Waals surface area (Å²) in [7, 11) is 0. The first-order valence-corrected chi connectivity index (χ1v) is 9.46. The zero-order chi connectivity index (χ0) is 19.8. The van der Waals surface area contributed by atoms with E-state index in [1.807, 2.05) is 12.1 Å². The number of nitrogens with zero attached hydrogens (tertiary/aromatic N) is 4. The smallest absolute Gasteiger partial charge is 0.311 e. The van der Waals surface area contributed by atoms with Gasteiger partial charge in [0.2, 0.25) is 5.91 Å². The van der Waals surface area contributed by atoms with E-state index in [4.69, 9.17) is 21.0 Å². The van der Waals surface area contributed by atoms with E-state index in [2.05, 4.69) is 15.3 Å². The number of carbonyl (C=O) groups excluding carboxylic acids is 2. The number of amides is 1. The molecule has 0 aliphatic heterocycles. The summed E-state index contributed by atoms with van der Waals surface area (Å²) in [6.07, 6.45) is 0.0366. The third-order valence-corrected chi connectivity index (χ3v) is 4.82. The molecule has 0 spiro atoms. The summed E-state index contributed by atoms with van der Waals surface area (Å²) in [5.74, 6) is -0.766. The number of nitriles is 2. The van der Waals surface area contributed by atoms with Crippen molar-refractivity contribution in [1.29, 1.82) is 10.5 Å². The van der Waals surface area contributed by atoms with E-state index in [0.717, 1.165) is 11.8 Å². The molecular formula is C16H14N6O3S2. The van der Waals surface area contributed by atoms with Crippen molar-refractivity contribution >= 4 is 45.9 Å². The van der Waals surface area contributed by atoms with Crippen molar-refractivity contribution in [3.05, 3.63) is 28.3 Å². The van der Waals surface area contributed by atoms with Crippen molar-refractivity contribution in [3.8, 4) is 12.1 Å². The van der Waals surface area contributed by atoms with Crippen LogP contribution in [0.4, 0.5) is 10.9 Å². The number of esters is 1. The predicted molar refractivity (Wildman–Crippen MR) is 99.9 cm³/mol. The van der Waals surface area contributed by atoms with E-state index >= 15 is 0 Å². The average Bonchev–Trinajstić information content (AvgIpc) is 3.06. The summed E-state index contributed by atoms with van der Waals surface area (Å²) in [6, 6.07) is 5.12. The molecule has 9 nitrogen and oxygen atoms in total. The summed E-state index contributed by atoms with van der Waals surface area (Å²) in [6.45, 7) is 2.01. The van der Waals surface area contributed by atoms with Crippen LogP contribution in [0.25, 0.3) is 0 Å². The monoisotopic (exact) mass is 402 g/mol. The predicted octanol–water partition coefficient (Wildman–Crippen LogP) is 1.70. The molecule has 2 aromatic rings. The molecule has 0 aromatic carbocycles. The zero-order valence-electron chi connectivity index (χ0n) is 14.2. The van der Waals surface area contributed by atoms with Gasteiger partial charge in [-0.15, -0.1) is 11.3 Å². The lowest BCUT2D eigenvalue weighted by atomic mass is 10.2. The molecule has 2 aromatic heterocycles. The lowest BCUT2D eigenvalue weighted by Gasteiger charge is -2.05. The first kappa shape index (κ1) is 20.2. The number of aromatic nitrogens is 2. The van der Waals surface area contributed by atoms with Crippen molar-refractivity contribution in [2.45, 2.75) is 18.4 Å². The Morgan fingerprint density at radius 3 is 2.74 bits per heavy atom. The molecule has 0 saturated carbocycles. The van der Waals surface area contributed by atoms with Crippen LogP contribution in [0.3, 0.4) is 0 Å². The van der Waals surface area contributed by atoms with Crippen molar-refractivity contribution in [2.75, 3.05) is 23.4 Å². The highest BCUT2D eigenvalue weighted by molar-refractivity contribution is 8.00. The fourth-order valence-electron chi connectivity index (χ4n) is 1.88. The zero-order valence-corrected chi connectivity index (χ0v) is 15.8. The number of anilines is 2. The molecule has 0 bridgehead atoms. The number of pyridine rings is 1. The molecule has 27 heavy (non-hydrogen) atoms. The Labute approximate surface area is 163 Å². The molecular weight excluding hydrogens is 388 g/mol. The molecule has 0 aliphatic carbocycles. The van der Waals surface area contributed by atoms with E-state index in [9.17, 15) is 9.59 Å². The Balaban J connectivity index is 1.95. The fraction of sp³-hybridized carbons (Fsp3) is 0.250. The molecule has 0 radical (unpaired) electrons. The third-order valence-electron chi connectivity index (χ3n) is 3.03. The van der Waals surface area contributed by atoms with Gasteiger partial charge in [-0.1, -0.05) is 11.8 Å². The molecule has 2 heterocycles. The summed E-state index contributed by atoms with van der Waals surface area (Å²) < 4.78 is 4.84. The average molecular weight is 402 g/mol. The van der Waals surface area contributed by atoms with Gasteiger partial charge in [-0.25, -0.2) is 9.97 Å². The summed E-state index contributed by atoms with van der Waals surface area (Å²) in [4.78, 5) is 31.7. The quantitative estimate of drug-likeness (QED) is 0.520. The molecule has 0 aliphatic rings. The topological polar surface area (TPSA) is 155 Å². The maximum atomic E-state index is 12.1. The van der Waals surface area contributed by atoms with E-state index in [1.54, 1.807) is 12.3 Å². The molecule has 0 atom stereocenters. The minimum atomic E-state index is -0.384. The van der Waals surface area contributed by atoms with E-state index in [1.165, 1.54) is 17.4 Å². The molecule has 138 valence electrons. The molecule has 11 heteroatoms. The van der Waals surface area contributed by atoms with Crippen molar-refractivity contribution in [3.63, 3.8) is 0 Å². The Hall–Kier alpha value is -3.15. The molecule has 0 saturated heterocycles. The molecule has 0 fully saturated rings. The van der Waals surface area contributed by atoms with Crippen LogP contribution in [0.5, 0.6) is 0 Å². The van der Waals surface area contributed by atoms with Crippen molar-refractivity contribution < 1.29 is 14.3 Å². The normalized spacial score (nSPS) is 9.89. The van der Waals surface area contributed by atoms with Crippen LogP contribution >= 0.6 is 23.1 Å². The maximum Gasteiger partial charge on any atom is 0.311 e. The summed E-state index contributed by atoms with van der Waals surface area (Å²) in [5, 5.41) is 23.0.